The Balaban J connectivity index is 1.96. The van der Waals surface area contributed by atoms with Crippen LogP contribution in [0.15, 0.2) is 48.5 Å². The molecule has 0 radical (unpaired) electrons. The Morgan fingerprint density at radius 2 is 1.90 bits per heavy atom. The average molecular weight is 412 g/mol. The molecule has 2 aromatic carbocycles. The molecule has 0 spiro atoms. The predicted molar refractivity (Wildman–Crippen MR) is 122 cm³/mol. The van der Waals surface area contributed by atoms with E-state index in [1.165, 1.54) is 5.56 Å². The molecule has 0 aliphatic rings. The van der Waals surface area contributed by atoms with Crippen LogP contribution in [0.25, 0.3) is 16.7 Å². The third-order valence-electron chi connectivity index (χ3n) is 5.43. The first kappa shape index (κ1) is 20.4. The molecule has 4 rings (SSSR count). The van der Waals surface area contributed by atoms with Gasteiger partial charge in [0.05, 0.1) is 23.2 Å². The fourth-order valence-electron chi connectivity index (χ4n) is 3.86. The van der Waals surface area contributed by atoms with E-state index >= 15 is 0 Å². The van der Waals surface area contributed by atoms with Crippen LogP contribution in [-0.4, -0.2) is 22.0 Å². The Labute approximate surface area is 181 Å². The highest BCUT2D eigenvalue weighted by Crippen LogP contribution is 2.33. The van der Waals surface area contributed by atoms with Crippen molar-refractivity contribution in [2.24, 2.45) is 0 Å². The second kappa shape index (κ2) is 8.49. The van der Waals surface area contributed by atoms with E-state index in [9.17, 15) is 10.1 Å². The van der Waals surface area contributed by atoms with E-state index < -0.39 is 0 Å². The lowest BCUT2D eigenvalue weighted by Crippen LogP contribution is -2.11. The molecule has 31 heavy (non-hydrogen) atoms. The molecule has 0 saturated heterocycles. The van der Waals surface area contributed by atoms with Gasteiger partial charge in [-0.15, -0.1) is 0 Å². The second-order valence-electron chi connectivity index (χ2n) is 7.49. The summed E-state index contributed by atoms with van der Waals surface area (Å²) in [6.07, 6.45) is 0.691. The smallest absolute Gasteiger partial charge is 0.306 e. The number of nitrogens with zero attached hydrogens (tertiary/aromatic N) is 3. The number of hydrogen-bond acceptors (Lipinski definition) is 5. The number of anilines is 2. The summed E-state index contributed by atoms with van der Waals surface area (Å²) in [5.74, 6) is 0.561. The van der Waals surface area contributed by atoms with Gasteiger partial charge in [-0.3, -0.25) is 9.20 Å². The fraction of sp³-hybridized carbons (Fsp3) is 0.240. The number of carbonyl (C=O) groups excluding carboxylic acids is 1. The molecule has 0 amide bonds. The van der Waals surface area contributed by atoms with Crippen LogP contribution in [-0.2, 0) is 16.0 Å². The van der Waals surface area contributed by atoms with Crippen LogP contribution < -0.4 is 5.32 Å². The molecular weight excluding hydrogens is 388 g/mol. The van der Waals surface area contributed by atoms with Gasteiger partial charge in [-0.25, -0.2) is 4.98 Å². The first-order chi connectivity index (χ1) is 15.0. The Hall–Kier alpha value is -3.85. The topological polar surface area (TPSA) is 79.4 Å². The number of para-hydroxylation sites is 2. The summed E-state index contributed by atoms with van der Waals surface area (Å²) in [5.41, 5.74) is 6.66. The van der Waals surface area contributed by atoms with Crippen molar-refractivity contribution in [2.45, 2.75) is 33.6 Å². The maximum absolute atomic E-state index is 12.1. The van der Waals surface area contributed by atoms with Gasteiger partial charge >= 0.3 is 5.97 Å². The molecule has 6 heteroatoms. The van der Waals surface area contributed by atoms with Crippen LogP contribution >= 0.6 is 0 Å². The number of benzene rings is 2. The van der Waals surface area contributed by atoms with Crippen molar-refractivity contribution in [3.05, 3.63) is 70.8 Å². The summed E-state index contributed by atoms with van der Waals surface area (Å²) in [6.45, 7) is 6.10. The molecule has 4 aromatic rings. The molecule has 0 fully saturated rings. The zero-order chi connectivity index (χ0) is 22.0. The highest BCUT2D eigenvalue weighted by Gasteiger charge is 2.21. The van der Waals surface area contributed by atoms with Gasteiger partial charge in [0.25, 0.3) is 0 Å². The normalized spacial score (nSPS) is 10.9. The van der Waals surface area contributed by atoms with Gasteiger partial charge in [0.1, 0.15) is 11.9 Å². The number of nitrogens with one attached hydrogen (secondary N) is 1. The minimum Gasteiger partial charge on any atom is -0.466 e. The summed E-state index contributed by atoms with van der Waals surface area (Å²) in [6, 6.07) is 18.3. The number of imidazole rings is 1. The van der Waals surface area contributed by atoms with Gasteiger partial charge in [-0.05, 0) is 62.6 Å². The SMILES string of the molecule is CCOC(=O)CCc1c(C)c(C#N)c2nc3ccccc3n2c1Nc1ccc(C)cc1. The van der Waals surface area contributed by atoms with Gasteiger partial charge in [0, 0.05) is 12.1 Å². The molecular formula is C25H24N4O2. The van der Waals surface area contributed by atoms with Crippen molar-refractivity contribution in [3.63, 3.8) is 0 Å². The largest absolute Gasteiger partial charge is 0.466 e. The number of hydrogen-bond donors (Lipinski definition) is 1. The Bertz CT molecular complexity index is 1310. The average Bonchev–Trinajstić information content (AvgIpc) is 3.14. The number of ether oxygens (including phenoxy) is 1. The van der Waals surface area contributed by atoms with E-state index in [1.54, 1.807) is 6.92 Å². The number of fused-ring (bicyclic) bond motifs is 3. The molecule has 0 atom stereocenters. The highest BCUT2D eigenvalue weighted by atomic mass is 16.5. The third-order valence-corrected chi connectivity index (χ3v) is 5.43. The molecule has 2 aromatic heterocycles. The standard InChI is InChI=1S/C25H24N4O2/c1-4-31-23(30)14-13-19-17(3)20(15-26)25-28-21-7-5-6-8-22(21)29(25)24(19)27-18-11-9-16(2)10-12-18/h5-12,27H,4,13-14H2,1-3H3. The molecule has 2 heterocycles. The van der Waals surface area contributed by atoms with Crippen molar-refractivity contribution in [3.8, 4) is 6.07 Å². The summed E-state index contributed by atoms with van der Waals surface area (Å²) >= 11 is 0. The van der Waals surface area contributed by atoms with Gasteiger partial charge in [-0.1, -0.05) is 29.8 Å². The quantitative estimate of drug-likeness (QED) is 0.440. The maximum Gasteiger partial charge on any atom is 0.306 e. The summed E-state index contributed by atoms with van der Waals surface area (Å²) < 4.78 is 7.12. The van der Waals surface area contributed by atoms with Crippen LogP contribution in [0.5, 0.6) is 0 Å². The molecule has 0 unspecified atom stereocenters. The van der Waals surface area contributed by atoms with Gasteiger partial charge in [0.15, 0.2) is 5.65 Å². The fourth-order valence-corrected chi connectivity index (χ4v) is 3.86. The number of aryl methyl sites for hydroxylation is 1. The molecule has 0 saturated carbocycles. The number of pyridine rings is 1. The molecule has 0 aliphatic carbocycles. The second-order valence-corrected chi connectivity index (χ2v) is 7.49. The molecule has 1 N–H and O–H groups in total. The van der Waals surface area contributed by atoms with E-state index in [0.717, 1.165) is 33.7 Å². The minimum absolute atomic E-state index is 0.236. The van der Waals surface area contributed by atoms with E-state index in [-0.39, 0.29) is 12.4 Å². The summed E-state index contributed by atoms with van der Waals surface area (Å²) in [7, 11) is 0. The zero-order valence-electron chi connectivity index (χ0n) is 17.9. The number of esters is 1. The summed E-state index contributed by atoms with van der Waals surface area (Å²) in [4.78, 5) is 16.8. The van der Waals surface area contributed by atoms with Crippen molar-refractivity contribution in [2.75, 3.05) is 11.9 Å². The van der Waals surface area contributed by atoms with Crippen LogP contribution in [0.3, 0.4) is 0 Å². The van der Waals surface area contributed by atoms with Crippen molar-refractivity contribution in [1.82, 2.24) is 9.38 Å². The predicted octanol–water partition coefficient (Wildman–Crippen LogP) is 5.22. The minimum atomic E-state index is -0.253. The van der Waals surface area contributed by atoms with E-state index in [4.69, 9.17) is 9.72 Å². The Kier molecular flexibility index (Phi) is 5.59. The van der Waals surface area contributed by atoms with Crippen molar-refractivity contribution < 1.29 is 9.53 Å². The first-order valence-electron chi connectivity index (χ1n) is 10.4. The maximum atomic E-state index is 12.1. The lowest BCUT2D eigenvalue weighted by atomic mass is 10.00. The van der Waals surface area contributed by atoms with Gasteiger partial charge < -0.3 is 10.1 Å². The number of aromatic nitrogens is 2. The number of rotatable bonds is 6. The first-order valence-corrected chi connectivity index (χ1v) is 10.4. The van der Waals surface area contributed by atoms with Crippen molar-refractivity contribution in [1.29, 1.82) is 5.26 Å². The lowest BCUT2D eigenvalue weighted by molar-refractivity contribution is -0.143. The Morgan fingerprint density at radius 3 is 2.61 bits per heavy atom. The summed E-state index contributed by atoms with van der Waals surface area (Å²) in [5, 5.41) is 13.5. The Morgan fingerprint density at radius 1 is 1.16 bits per heavy atom. The van der Waals surface area contributed by atoms with Crippen LogP contribution in [0.1, 0.15) is 35.6 Å². The van der Waals surface area contributed by atoms with Gasteiger partial charge in [0.2, 0.25) is 0 Å². The highest BCUT2D eigenvalue weighted by molar-refractivity contribution is 5.87. The van der Waals surface area contributed by atoms with E-state index in [1.807, 2.05) is 66.8 Å². The third kappa shape index (κ3) is 3.82. The van der Waals surface area contributed by atoms with Gasteiger partial charge in [-0.2, -0.15) is 5.26 Å². The number of nitriles is 1. The van der Waals surface area contributed by atoms with Crippen LogP contribution in [0, 0.1) is 25.2 Å². The molecule has 156 valence electrons. The van der Waals surface area contributed by atoms with E-state index in [2.05, 4.69) is 11.4 Å². The van der Waals surface area contributed by atoms with Crippen molar-refractivity contribution >= 4 is 34.2 Å². The van der Waals surface area contributed by atoms with Crippen LogP contribution in [0.4, 0.5) is 11.5 Å². The monoisotopic (exact) mass is 412 g/mol. The van der Waals surface area contributed by atoms with Crippen LogP contribution in [0.2, 0.25) is 0 Å². The number of carbonyl (C=O) groups is 1. The van der Waals surface area contributed by atoms with E-state index in [0.29, 0.717) is 24.2 Å². The zero-order valence-corrected chi connectivity index (χ0v) is 17.9. The molecule has 0 bridgehead atoms. The molecule has 6 nitrogen and oxygen atoms in total. The lowest BCUT2D eigenvalue weighted by Gasteiger charge is -2.19. The molecule has 0 aliphatic heterocycles.